The molecule has 0 aliphatic carbocycles. The predicted molar refractivity (Wildman–Crippen MR) is 101 cm³/mol. The van der Waals surface area contributed by atoms with Crippen LogP contribution in [0.4, 0.5) is 11.4 Å². The second kappa shape index (κ2) is 8.50. The first-order valence-corrected chi connectivity index (χ1v) is 8.56. The van der Waals surface area contributed by atoms with Crippen LogP contribution in [-0.4, -0.2) is 54.8 Å². The molecule has 1 saturated heterocycles. The zero-order valence-electron chi connectivity index (χ0n) is 15.5. The van der Waals surface area contributed by atoms with Crippen molar-refractivity contribution in [3.8, 4) is 6.07 Å². The van der Waals surface area contributed by atoms with Crippen LogP contribution in [0.5, 0.6) is 0 Å². The van der Waals surface area contributed by atoms with Gasteiger partial charge in [-0.15, -0.1) is 0 Å². The molecule has 0 aromatic heterocycles. The first-order valence-electron chi connectivity index (χ1n) is 8.56. The molecule has 0 atom stereocenters. The van der Waals surface area contributed by atoms with Gasteiger partial charge in [0.25, 0.3) is 5.91 Å². The first kappa shape index (κ1) is 19.5. The van der Waals surface area contributed by atoms with Crippen LogP contribution in [0.2, 0.25) is 0 Å². The summed E-state index contributed by atoms with van der Waals surface area (Å²) in [5.41, 5.74) is 6.70. The van der Waals surface area contributed by atoms with Crippen LogP contribution in [-0.2, 0) is 9.59 Å². The number of rotatable bonds is 4. The third-order valence-electron chi connectivity index (χ3n) is 4.65. The van der Waals surface area contributed by atoms with E-state index in [1.54, 1.807) is 36.2 Å². The molecule has 1 heterocycles. The third kappa shape index (κ3) is 4.61. The number of nitrogens with zero attached hydrogens (tertiary/aromatic N) is 4. The molecule has 0 bridgehead atoms. The molecular formula is C19H25N5O2. The Morgan fingerprint density at radius 3 is 2.54 bits per heavy atom. The van der Waals surface area contributed by atoms with Gasteiger partial charge in [0.05, 0.1) is 5.69 Å². The number of carbonyl (C=O) groups excluding carboxylic acids is 2. The number of benzene rings is 1. The lowest BCUT2D eigenvalue weighted by molar-refractivity contribution is -0.128. The maximum Gasteiger partial charge on any atom is 0.266 e. The van der Waals surface area contributed by atoms with Crippen molar-refractivity contribution in [3.05, 3.63) is 36.0 Å². The standard InChI is InChI=1S/C19H25N5O2/c1-14(25)24(18-6-4-5-16(21)11-18)13-15(12-20)19(26)23(3)17-7-9-22(2)10-8-17/h4-6,11,13,17H,7-10,21H2,1-3H3/b15-13-. The number of hydrogen-bond acceptors (Lipinski definition) is 5. The molecule has 7 nitrogen and oxygen atoms in total. The van der Waals surface area contributed by atoms with Crippen LogP contribution in [0.3, 0.4) is 0 Å². The lowest BCUT2D eigenvalue weighted by Crippen LogP contribution is -2.45. The Balaban J connectivity index is 2.25. The molecule has 0 unspecified atom stereocenters. The van der Waals surface area contributed by atoms with Gasteiger partial charge in [-0.05, 0) is 51.2 Å². The number of amides is 2. The summed E-state index contributed by atoms with van der Waals surface area (Å²) in [7, 11) is 3.76. The van der Waals surface area contributed by atoms with Gasteiger partial charge >= 0.3 is 0 Å². The highest BCUT2D eigenvalue weighted by atomic mass is 16.2. The summed E-state index contributed by atoms with van der Waals surface area (Å²) in [5, 5.41) is 9.48. The van der Waals surface area contributed by atoms with Gasteiger partial charge in [-0.25, -0.2) is 0 Å². The summed E-state index contributed by atoms with van der Waals surface area (Å²) in [6.07, 6.45) is 3.02. The number of anilines is 2. The Hall–Kier alpha value is -2.85. The molecule has 0 saturated carbocycles. The highest BCUT2D eigenvalue weighted by molar-refractivity contribution is 6.01. The third-order valence-corrected chi connectivity index (χ3v) is 4.65. The Morgan fingerprint density at radius 1 is 1.35 bits per heavy atom. The number of hydrogen-bond donors (Lipinski definition) is 1. The first-order chi connectivity index (χ1) is 12.3. The van der Waals surface area contributed by atoms with Gasteiger partial charge in [-0.3, -0.25) is 14.5 Å². The molecule has 1 aromatic carbocycles. The van der Waals surface area contributed by atoms with E-state index in [0.717, 1.165) is 25.9 Å². The monoisotopic (exact) mass is 355 g/mol. The Bertz CT molecular complexity index is 745. The van der Waals surface area contributed by atoms with Gasteiger partial charge in [-0.1, -0.05) is 6.07 Å². The minimum atomic E-state index is -0.378. The van der Waals surface area contributed by atoms with Crippen molar-refractivity contribution in [2.45, 2.75) is 25.8 Å². The van der Waals surface area contributed by atoms with Crippen LogP contribution in [0, 0.1) is 11.3 Å². The summed E-state index contributed by atoms with van der Waals surface area (Å²) in [6, 6.07) is 8.77. The maximum atomic E-state index is 12.8. The summed E-state index contributed by atoms with van der Waals surface area (Å²) in [6.45, 7) is 3.20. The second-order valence-corrected chi connectivity index (χ2v) is 6.59. The van der Waals surface area contributed by atoms with Gasteiger partial charge in [0.2, 0.25) is 5.91 Å². The molecule has 1 aromatic rings. The Kier molecular flexibility index (Phi) is 6.36. The quantitative estimate of drug-likeness (QED) is 0.503. The molecule has 2 N–H and O–H groups in total. The molecule has 26 heavy (non-hydrogen) atoms. The van der Waals surface area contributed by atoms with Gasteiger partial charge in [0.1, 0.15) is 11.6 Å². The van der Waals surface area contributed by atoms with Gasteiger partial charge in [0, 0.05) is 31.9 Å². The smallest absolute Gasteiger partial charge is 0.266 e. The molecule has 2 amide bonds. The summed E-state index contributed by atoms with van der Waals surface area (Å²) >= 11 is 0. The molecule has 7 heteroatoms. The van der Waals surface area contributed by atoms with E-state index < -0.39 is 0 Å². The number of piperidine rings is 1. The molecule has 1 aliphatic heterocycles. The van der Waals surface area contributed by atoms with Crippen LogP contribution >= 0.6 is 0 Å². The zero-order chi connectivity index (χ0) is 19.3. The lowest BCUT2D eigenvalue weighted by atomic mass is 10.0. The normalized spacial score (nSPS) is 16.0. The van der Waals surface area contributed by atoms with Crippen molar-refractivity contribution < 1.29 is 9.59 Å². The molecule has 0 radical (unpaired) electrons. The molecular weight excluding hydrogens is 330 g/mol. The Morgan fingerprint density at radius 2 is 2.00 bits per heavy atom. The molecule has 1 fully saturated rings. The van der Waals surface area contributed by atoms with E-state index in [-0.39, 0.29) is 23.4 Å². The van der Waals surface area contributed by atoms with E-state index in [1.165, 1.54) is 18.0 Å². The van der Waals surface area contributed by atoms with E-state index in [9.17, 15) is 14.9 Å². The minimum Gasteiger partial charge on any atom is -0.399 e. The lowest BCUT2D eigenvalue weighted by Gasteiger charge is -2.35. The fraction of sp³-hybridized carbons (Fsp3) is 0.421. The average molecular weight is 355 g/mol. The van der Waals surface area contributed by atoms with Crippen molar-refractivity contribution in [2.24, 2.45) is 0 Å². The molecule has 0 spiro atoms. The van der Waals surface area contributed by atoms with Gasteiger partial charge in [0.15, 0.2) is 0 Å². The van der Waals surface area contributed by atoms with E-state index in [4.69, 9.17) is 5.73 Å². The van der Waals surface area contributed by atoms with Gasteiger partial charge < -0.3 is 15.5 Å². The number of likely N-dealkylation sites (tertiary alicyclic amines) is 1. The highest BCUT2D eigenvalue weighted by Gasteiger charge is 2.26. The number of carbonyl (C=O) groups is 2. The summed E-state index contributed by atoms with van der Waals surface area (Å²) in [5.74, 6) is -0.685. The maximum absolute atomic E-state index is 12.8. The van der Waals surface area contributed by atoms with Crippen molar-refractivity contribution in [1.82, 2.24) is 9.80 Å². The van der Waals surface area contributed by atoms with Crippen LogP contribution in [0.1, 0.15) is 19.8 Å². The largest absolute Gasteiger partial charge is 0.399 e. The summed E-state index contributed by atoms with van der Waals surface area (Å²) in [4.78, 5) is 29.9. The highest BCUT2D eigenvalue weighted by Crippen LogP contribution is 2.21. The zero-order valence-corrected chi connectivity index (χ0v) is 15.5. The number of likely N-dealkylation sites (N-methyl/N-ethyl adjacent to an activating group) is 1. The van der Waals surface area contributed by atoms with Crippen molar-refractivity contribution in [3.63, 3.8) is 0 Å². The number of nitriles is 1. The van der Waals surface area contributed by atoms with Gasteiger partial charge in [-0.2, -0.15) is 5.26 Å². The van der Waals surface area contributed by atoms with Crippen LogP contribution in [0.25, 0.3) is 0 Å². The van der Waals surface area contributed by atoms with Crippen molar-refractivity contribution in [2.75, 3.05) is 37.8 Å². The van der Waals surface area contributed by atoms with Crippen LogP contribution < -0.4 is 10.6 Å². The average Bonchev–Trinajstić information content (AvgIpc) is 2.62. The molecule has 1 aliphatic rings. The van der Waals surface area contributed by atoms with E-state index >= 15 is 0 Å². The molecule has 138 valence electrons. The Labute approximate surface area is 154 Å². The van der Waals surface area contributed by atoms with E-state index in [1.807, 2.05) is 6.07 Å². The van der Waals surface area contributed by atoms with E-state index in [2.05, 4.69) is 11.9 Å². The van der Waals surface area contributed by atoms with E-state index in [0.29, 0.717) is 11.4 Å². The molecule has 2 rings (SSSR count). The predicted octanol–water partition coefficient (Wildman–Crippen LogP) is 1.58. The number of nitrogens with two attached hydrogens (primary N) is 1. The number of nitrogen functional groups attached to an aromatic ring is 1. The fourth-order valence-corrected chi connectivity index (χ4v) is 3.02. The van der Waals surface area contributed by atoms with Crippen molar-refractivity contribution in [1.29, 1.82) is 5.26 Å². The fourth-order valence-electron chi connectivity index (χ4n) is 3.02. The second-order valence-electron chi connectivity index (χ2n) is 6.59. The van der Waals surface area contributed by atoms with Crippen LogP contribution in [0.15, 0.2) is 36.0 Å². The SMILES string of the molecule is CC(=O)N(/C=C(/C#N)C(=O)N(C)C1CCN(C)CC1)c1cccc(N)c1. The summed E-state index contributed by atoms with van der Waals surface area (Å²) < 4.78 is 0. The minimum absolute atomic E-state index is 0.0796. The van der Waals surface area contributed by atoms with Crippen molar-refractivity contribution >= 4 is 23.2 Å². The topological polar surface area (TPSA) is 93.7 Å².